The molecule has 2 nitrogen and oxygen atoms in total. The van der Waals surface area contributed by atoms with Gasteiger partial charge in [0.2, 0.25) is 0 Å². The van der Waals surface area contributed by atoms with Crippen LogP contribution in [-0.2, 0) is 0 Å². The van der Waals surface area contributed by atoms with Crippen LogP contribution < -0.4 is 0 Å². The Balaban J connectivity index is 2.77. The first-order valence-electron chi connectivity index (χ1n) is 3.39. The van der Waals surface area contributed by atoms with Crippen LogP contribution in [0.2, 0.25) is 0 Å². The zero-order valence-corrected chi connectivity index (χ0v) is 7.63. The normalized spacial score (nSPS) is 10.0. The summed E-state index contributed by atoms with van der Waals surface area (Å²) in [7, 11) is 0. The molecule has 1 aromatic heterocycles. The maximum Gasteiger partial charge on any atom is 0.170 e. The molecule has 1 heterocycles. The van der Waals surface area contributed by atoms with Crippen molar-refractivity contribution in [2.45, 2.75) is 0 Å². The highest BCUT2D eigenvalue weighted by molar-refractivity contribution is 9.10. The van der Waals surface area contributed by atoms with E-state index in [0.717, 1.165) is 11.0 Å². The third-order valence-corrected chi connectivity index (χ3v) is 2.01. The van der Waals surface area contributed by atoms with Crippen molar-refractivity contribution < 1.29 is 4.42 Å². The van der Waals surface area contributed by atoms with Gasteiger partial charge >= 0.3 is 0 Å². The highest BCUT2D eigenvalue weighted by Gasteiger charge is 2.00. The van der Waals surface area contributed by atoms with Crippen LogP contribution in [0.5, 0.6) is 0 Å². The first kappa shape index (κ1) is 7.38. The minimum absolute atomic E-state index is 0.649. The average molecular weight is 222 g/mol. The maximum atomic E-state index is 8.61. The molecule has 0 atom stereocenters. The number of nitriles is 1. The van der Waals surface area contributed by atoms with Crippen molar-refractivity contribution in [3.63, 3.8) is 0 Å². The second-order valence-electron chi connectivity index (χ2n) is 2.41. The molecule has 0 spiro atoms. The van der Waals surface area contributed by atoms with Crippen molar-refractivity contribution in [2.75, 3.05) is 0 Å². The Hall–Kier alpha value is -1.27. The number of hydrogen-bond donors (Lipinski definition) is 0. The van der Waals surface area contributed by atoms with E-state index in [-0.39, 0.29) is 0 Å². The molecule has 2 rings (SSSR count). The van der Waals surface area contributed by atoms with Gasteiger partial charge in [0.05, 0.1) is 11.6 Å². The Morgan fingerprint density at radius 2 is 2.17 bits per heavy atom. The van der Waals surface area contributed by atoms with E-state index in [1.165, 1.54) is 0 Å². The second kappa shape index (κ2) is 2.65. The molecule has 0 amide bonds. The number of furan rings is 1. The van der Waals surface area contributed by atoms with Gasteiger partial charge in [-0.3, -0.25) is 0 Å². The summed E-state index contributed by atoms with van der Waals surface area (Å²) in [6.07, 6.45) is 0. The lowest BCUT2D eigenvalue weighted by atomic mass is 10.2. The maximum absolute atomic E-state index is 8.61. The van der Waals surface area contributed by atoms with Crippen molar-refractivity contribution in [3.8, 4) is 6.07 Å². The predicted molar refractivity (Wildman–Crippen MR) is 48.6 cm³/mol. The second-order valence-corrected chi connectivity index (χ2v) is 3.20. The lowest BCUT2D eigenvalue weighted by Crippen LogP contribution is -1.70. The van der Waals surface area contributed by atoms with Gasteiger partial charge in [-0.15, -0.1) is 0 Å². The predicted octanol–water partition coefficient (Wildman–Crippen LogP) is 3.07. The molecule has 12 heavy (non-hydrogen) atoms. The fraction of sp³-hybridized carbons (Fsp3) is 0. The van der Waals surface area contributed by atoms with Crippen LogP contribution >= 0.6 is 15.9 Å². The molecule has 0 saturated carbocycles. The third-order valence-electron chi connectivity index (χ3n) is 1.62. The minimum atomic E-state index is 0.649. The molecule has 2 aromatic rings. The lowest BCUT2D eigenvalue weighted by molar-refractivity contribution is 0.587. The van der Waals surface area contributed by atoms with Gasteiger partial charge in [-0.1, -0.05) is 0 Å². The molecule has 0 saturated heterocycles. The Morgan fingerprint density at radius 3 is 2.92 bits per heavy atom. The van der Waals surface area contributed by atoms with Gasteiger partial charge in [0.25, 0.3) is 0 Å². The Kier molecular flexibility index (Phi) is 1.63. The highest BCUT2D eigenvalue weighted by atomic mass is 79.9. The summed E-state index contributed by atoms with van der Waals surface area (Å²) in [5, 5.41) is 9.56. The van der Waals surface area contributed by atoms with Crippen LogP contribution in [0.4, 0.5) is 0 Å². The lowest BCUT2D eigenvalue weighted by Gasteiger charge is -1.87. The molecular weight excluding hydrogens is 218 g/mol. The van der Waals surface area contributed by atoms with Gasteiger partial charge in [0.15, 0.2) is 4.67 Å². The number of fused-ring (bicyclic) bond motifs is 1. The van der Waals surface area contributed by atoms with Crippen LogP contribution in [0.25, 0.3) is 11.0 Å². The summed E-state index contributed by atoms with van der Waals surface area (Å²) in [5.74, 6) is 0. The molecule has 1 aromatic carbocycles. The smallest absolute Gasteiger partial charge is 0.170 e. The highest BCUT2D eigenvalue weighted by Crippen LogP contribution is 2.23. The molecule has 0 N–H and O–H groups in total. The molecule has 0 bridgehead atoms. The summed E-state index contributed by atoms with van der Waals surface area (Å²) < 4.78 is 5.96. The molecular formula is C9H4BrNO. The molecule has 3 heteroatoms. The standard InChI is InChI=1S/C9H4BrNO/c10-9-4-7-3-6(5-11)1-2-8(7)12-9/h1-4H. The van der Waals surface area contributed by atoms with E-state index < -0.39 is 0 Å². The van der Waals surface area contributed by atoms with Crippen LogP contribution in [-0.4, -0.2) is 0 Å². The van der Waals surface area contributed by atoms with E-state index in [4.69, 9.17) is 9.68 Å². The van der Waals surface area contributed by atoms with Gasteiger partial charge in [-0.25, -0.2) is 0 Å². The van der Waals surface area contributed by atoms with E-state index in [9.17, 15) is 0 Å². The first-order valence-corrected chi connectivity index (χ1v) is 4.18. The molecule has 0 unspecified atom stereocenters. The van der Waals surface area contributed by atoms with Crippen molar-refractivity contribution in [1.82, 2.24) is 0 Å². The number of hydrogen-bond acceptors (Lipinski definition) is 2. The van der Waals surface area contributed by atoms with Crippen LogP contribution in [0, 0.1) is 11.3 Å². The Morgan fingerprint density at radius 1 is 1.33 bits per heavy atom. The van der Waals surface area contributed by atoms with E-state index in [2.05, 4.69) is 22.0 Å². The number of halogens is 1. The van der Waals surface area contributed by atoms with Crippen molar-refractivity contribution >= 4 is 26.9 Å². The zero-order valence-electron chi connectivity index (χ0n) is 6.04. The molecule has 0 aliphatic rings. The number of nitrogens with zero attached hydrogens (tertiary/aromatic N) is 1. The Labute approximate surface area is 77.5 Å². The number of benzene rings is 1. The topological polar surface area (TPSA) is 36.9 Å². The summed E-state index contributed by atoms with van der Waals surface area (Å²) in [5.41, 5.74) is 1.44. The summed E-state index contributed by atoms with van der Waals surface area (Å²) in [6, 6.07) is 9.23. The SMILES string of the molecule is N#Cc1ccc2oc(Br)cc2c1. The van der Waals surface area contributed by atoms with Gasteiger partial charge in [0.1, 0.15) is 5.58 Å². The molecule has 0 aliphatic heterocycles. The van der Waals surface area contributed by atoms with Crippen molar-refractivity contribution in [3.05, 3.63) is 34.5 Å². The summed E-state index contributed by atoms with van der Waals surface area (Å²) in [4.78, 5) is 0. The van der Waals surface area contributed by atoms with Gasteiger partial charge in [0, 0.05) is 5.39 Å². The fourth-order valence-corrected chi connectivity index (χ4v) is 1.50. The van der Waals surface area contributed by atoms with Gasteiger partial charge in [-0.05, 0) is 40.2 Å². The van der Waals surface area contributed by atoms with Crippen LogP contribution in [0.15, 0.2) is 33.4 Å². The molecule has 0 aliphatic carbocycles. The van der Waals surface area contributed by atoms with Gasteiger partial charge in [-0.2, -0.15) is 5.26 Å². The third kappa shape index (κ3) is 1.10. The van der Waals surface area contributed by atoms with E-state index in [0.29, 0.717) is 10.2 Å². The van der Waals surface area contributed by atoms with Crippen LogP contribution in [0.1, 0.15) is 5.56 Å². The molecule has 58 valence electrons. The summed E-state index contributed by atoms with van der Waals surface area (Å²) in [6.45, 7) is 0. The monoisotopic (exact) mass is 221 g/mol. The average Bonchev–Trinajstić information content (AvgIpc) is 2.43. The number of rotatable bonds is 0. The quantitative estimate of drug-likeness (QED) is 0.686. The van der Waals surface area contributed by atoms with Crippen molar-refractivity contribution in [2.24, 2.45) is 0 Å². The summed E-state index contributed by atoms with van der Waals surface area (Å²) >= 11 is 3.22. The van der Waals surface area contributed by atoms with Crippen LogP contribution in [0.3, 0.4) is 0 Å². The fourth-order valence-electron chi connectivity index (χ4n) is 1.08. The minimum Gasteiger partial charge on any atom is -0.449 e. The van der Waals surface area contributed by atoms with Gasteiger partial charge < -0.3 is 4.42 Å². The largest absolute Gasteiger partial charge is 0.449 e. The molecule has 0 radical (unpaired) electrons. The van der Waals surface area contributed by atoms with Crippen molar-refractivity contribution in [1.29, 1.82) is 5.26 Å². The Bertz CT molecular complexity index is 467. The van der Waals surface area contributed by atoms with E-state index in [1.54, 1.807) is 18.2 Å². The molecule has 0 fully saturated rings. The van der Waals surface area contributed by atoms with E-state index in [1.807, 2.05) is 6.07 Å². The zero-order chi connectivity index (χ0) is 8.55. The van der Waals surface area contributed by atoms with E-state index >= 15 is 0 Å². The first-order chi connectivity index (χ1) is 5.79.